The van der Waals surface area contributed by atoms with Gasteiger partial charge in [-0.25, -0.2) is 4.79 Å². The van der Waals surface area contributed by atoms with E-state index in [-0.39, 0.29) is 12.1 Å². The van der Waals surface area contributed by atoms with Crippen LogP contribution in [0.2, 0.25) is 10.0 Å². The molecule has 0 aliphatic heterocycles. The molecule has 0 unspecified atom stereocenters. The third-order valence-corrected chi connectivity index (χ3v) is 4.28. The molecule has 0 amide bonds. The van der Waals surface area contributed by atoms with Crippen molar-refractivity contribution >= 4 is 34.2 Å². The van der Waals surface area contributed by atoms with Gasteiger partial charge in [-0.1, -0.05) is 29.3 Å². The summed E-state index contributed by atoms with van der Waals surface area (Å²) in [4.78, 5) is 24.9. The van der Waals surface area contributed by atoms with Crippen LogP contribution < -0.4 is 11.2 Å². The lowest BCUT2D eigenvalue weighted by molar-refractivity contribution is 0.645. The molecule has 3 aromatic rings. The summed E-state index contributed by atoms with van der Waals surface area (Å²) in [5.74, 6) is 0. The molecule has 0 saturated heterocycles. The molecular weight excluding hydrogens is 327 g/mol. The van der Waals surface area contributed by atoms with Crippen LogP contribution in [0.5, 0.6) is 0 Å². The minimum absolute atomic E-state index is 0.118. The van der Waals surface area contributed by atoms with Gasteiger partial charge in [0.25, 0.3) is 5.56 Å². The number of hydrogen-bond donors (Lipinski definition) is 0. The Kier molecular flexibility index (Phi) is 3.58. The summed E-state index contributed by atoms with van der Waals surface area (Å²) in [5, 5.41) is 5.24. The standard InChI is InChI=1S/C14H12Cl2N4O2/c1-18-12-9(6-17-19(12)2)13(21)20(14(18)22)7-8-3-4-10(15)11(16)5-8/h3-6H,7H2,1-2H3. The summed E-state index contributed by atoms with van der Waals surface area (Å²) in [6.07, 6.45) is 1.46. The molecule has 0 saturated carbocycles. The third kappa shape index (κ3) is 2.24. The Morgan fingerprint density at radius 2 is 1.86 bits per heavy atom. The molecule has 0 spiro atoms. The van der Waals surface area contributed by atoms with E-state index in [9.17, 15) is 9.59 Å². The summed E-state index contributed by atoms with van der Waals surface area (Å²) in [6, 6.07) is 5.01. The second kappa shape index (κ2) is 5.30. The highest BCUT2D eigenvalue weighted by Gasteiger charge is 2.14. The smallest absolute Gasteiger partial charge is 0.281 e. The van der Waals surface area contributed by atoms with E-state index in [0.29, 0.717) is 21.1 Å². The van der Waals surface area contributed by atoms with E-state index >= 15 is 0 Å². The van der Waals surface area contributed by atoms with E-state index in [1.807, 2.05) is 0 Å². The first-order valence-electron chi connectivity index (χ1n) is 6.45. The maximum Gasteiger partial charge on any atom is 0.332 e. The van der Waals surface area contributed by atoms with Gasteiger partial charge in [-0.3, -0.25) is 18.6 Å². The molecule has 22 heavy (non-hydrogen) atoms. The molecule has 2 aromatic heterocycles. The van der Waals surface area contributed by atoms with E-state index in [4.69, 9.17) is 23.2 Å². The molecule has 0 aliphatic carbocycles. The van der Waals surface area contributed by atoms with Crippen LogP contribution in [0, 0.1) is 0 Å². The van der Waals surface area contributed by atoms with Crippen molar-refractivity contribution < 1.29 is 0 Å². The summed E-state index contributed by atoms with van der Waals surface area (Å²) < 4.78 is 4.06. The summed E-state index contributed by atoms with van der Waals surface area (Å²) >= 11 is 11.8. The van der Waals surface area contributed by atoms with E-state index in [0.717, 1.165) is 10.1 Å². The predicted molar refractivity (Wildman–Crippen MR) is 85.8 cm³/mol. The fourth-order valence-electron chi connectivity index (χ4n) is 2.44. The van der Waals surface area contributed by atoms with Crippen molar-refractivity contribution in [3.8, 4) is 0 Å². The van der Waals surface area contributed by atoms with Crippen molar-refractivity contribution in [2.75, 3.05) is 0 Å². The SMILES string of the molecule is Cn1ncc2c(=O)n(Cc3ccc(Cl)c(Cl)c3)c(=O)n(C)c21. The van der Waals surface area contributed by atoms with Crippen molar-refractivity contribution in [3.05, 3.63) is 60.8 Å². The topological polar surface area (TPSA) is 61.8 Å². The summed E-state index contributed by atoms with van der Waals surface area (Å²) in [6.45, 7) is 0.118. The minimum Gasteiger partial charge on any atom is -0.281 e. The normalized spacial score (nSPS) is 11.3. The molecule has 0 atom stereocenters. The average Bonchev–Trinajstić information content (AvgIpc) is 2.87. The first-order chi connectivity index (χ1) is 10.4. The predicted octanol–water partition coefficient (Wildman–Crippen LogP) is 1.79. The number of hydrogen-bond acceptors (Lipinski definition) is 3. The molecular formula is C14H12Cl2N4O2. The largest absolute Gasteiger partial charge is 0.332 e. The first-order valence-corrected chi connectivity index (χ1v) is 7.21. The Bertz CT molecular complexity index is 1000. The number of benzene rings is 1. The van der Waals surface area contributed by atoms with Crippen LogP contribution in [0.3, 0.4) is 0 Å². The average molecular weight is 339 g/mol. The van der Waals surface area contributed by atoms with Gasteiger partial charge in [0.2, 0.25) is 0 Å². The van der Waals surface area contributed by atoms with Crippen molar-refractivity contribution in [1.29, 1.82) is 0 Å². The van der Waals surface area contributed by atoms with Gasteiger partial charge in [-0.2, -0.15) is 5.10 Å². The number of fused-ring (bicyclic) bond motifs is 1. The summed E-state index contributed by atoms with van der Waals surface area (Å²) in [7, 11) is 3.29. The van der Waals surface area contributed by atoms with E-state index in [2.05, 4.69) is 5.10 Å². The number of nitrogens with zero attached hydrogens (tertiary/aromatic N) is 4. The lowest BCUT2D eigenvalue weighted by atomic mass is 10.2. The molecule has 2 heterocycles. The van der Waals surface area contributed by atoms with Crippen molar-refractivity contribution in [2.24, 2.45) is 14.1 Å². The molecule has 1 aromatic carbocycles. The second-order valence-electron chi connectivity index (χ2n) is 4.99. The van der Waals surface area contributed by atoms with Gasteiger partial charge in [0, 0.05) is 14.1 Å². The lowest BCUT2D eigenvalue weighted by Crippen LogP contribution is -2.39. The maximum atomic E-state index is 12.5. The number of aromatic nitrogens is 4. The molecule has 0 fully saturated rings. The van der Waals surface area contributed by atoms with E-state index < -0.39 is 5.69 Å². The third-order valence-electron chi connectivity index (χ3n) is 3.54. The van der Waals surface area contributed by atoms with E-state index in [1.54, 1.807) is 32.3 Å². The second-order valence-corrected chi connectivity index (χ2v) is 5.80. The minimum atomic E-state index is -0.410. The zero-order chi connectivity index (χ0) is 16.0. The van der Waals surface area contributed by atoms with Gasteiger partial charge in [0.05, 0.1) is 22.8 Å². The van der Waals surface area contributed by atoms with Gasteiger partial charge >= 0.3 is 5.69 Å². The number of rotatable bonds is 2. The highest BCUT2D eigenvalue weighted by atomic mass is 35.5. The molecule has 0 bridgehead atoms. The van der Waals surface area contributed by atoms with Crippen LogP contribution in [-0.2, 0) is 20.6 Å². The molecule has 3 rings (SSSR count). The van der Waals surface area contributed by atoms with E-state index in [1.165, 1.54) is 15.4 Å². The molecule has 0 aliphatic rings. The fourth-order valence-corrected chi connectivity index (χ4v) is 2.76. The van der Waals surface area contributed by atoms with Crippen molar-refractivity contribution in [1.82, 2.24) is 18.9 Å². The highest BCUT2D eigenvalue weighted by molar-refractivity contribution is 6.42. The van der Waals surface area contributed by atoms with Gasteiger partial charge < -0.3 is 0 Å². The maximum absolute atomic E-state index is 12.5. The molecule has 0 radical (unpaired) electrons. The zero-order valence-corrected chi connectivity index (χ0v) is 13.4. The Hall–Kier alpha value is -2.05. The van der Waals surface area contributed by atoms with Crippen LogP contribution >= 0.6 is 23.2 Å². The van der Waals surface area contributed by atoms with Gasteiger partial charge in [-0.05, 0) is 17.7 Å². The quantitative estimate of drug-likeness (QED) is 0.715. The zero-order valence-electron chi connectivity index (χ0n) is 11.9. The van der Waals surface area contributed by atoms with Gasteiger partial charge in [0.1, 0.15) is 11.0 Å². The van der Waals surface area contributed by atoms with Crippen LogP contribution in [-0.4, -0.2) is 18.9 Å². The Balaban J connectivity index is 2.21. The molecule has 8 heteroatoms. The monoisotopic (exact) mass is 338 g/mol. The first kappa shape index (κ1) is 14.9. The molecule has 6 nitrogen and oxygen atoms in total. The van der Waals surface area contributed by atoms with Crippen molar-refractivity contribution in [3.63, 3.8) is 0 Å². The highest BCUT2D eigenvalue weighted by Crippen LogP contribution is 2.22. The van der Waals surface area contributed by atoms with Crippen LogP contribution in [0.25, 0.3) is 11.0 Å². The summed E-state index contributed by atoms with van der Waals surface area (Å²) in [5.41, 5.74) is 0.418. The number of aryl methyl sites for hydroxylation is 2. The van der Waals surface area contributed by atoms with Gasteiger partial charge in [0.15, 0.2) is 0 Å². The molecule has 114 valence electrons. The van der Waals surface area contributed by atoms with Crippen LogP contribution in [0.1, 0.15) is 5.56 Å². The Morgan fingerprint density at radius 1 is 1.14 bits per heavy atom. The lowest BCUT2D eigenvalue weighted by Gasteiger charge is -2.10. The van der Waals surface area contributed by atoms with Gasteiger partial charge in [-0.15, -0.1) is 0 Å². The van der Waals surface area contributed by atoms with Crippen LogP contribution in [0.15, 0.2) is 34.0 Å². The van der Waals surface area contributed by atoms with Crippen LogP contribution in [0.4, 0.5) is 0 Å². The Labute approximate surface area is 135 Å². The van der Waals surface area contributed by atoms with Crippen molar-refractivity contribution in [2.45, 2.75) is 6.54 Å². The molecule has 0 N–H and O–H groups in total. The number of halogens is 2. The fraction of sp³-hybridized carbons (Fsp3) is 0.214. The Morgan fingerprint density at radius 3 is 2.55 bits per heavy atom.